The Kier molecular flexibility index (Phi) is 4.27. The molecule has 5 nitrogen and oxygen atoms in total. The second-order valence-electron chi connectivity index (χ2n) is 4.02. The van der Waals surface area contributed by atoms with Crippen molar-refractivity contribution in [2.75, 3.05) is 0 Å². The van der Waals surface area contributed by atoms with Gasteiger partial charge < -0.3 is 5.11 Å². The summed E-state index contributed by atoms with van der Waals surface area (Å²) < 4.78 is 0. The Morgan fingerprint density at radius 2 is 2.00 bits per heavy atom. The highest BCUT2D eigenvalue weighted by atomic mass is 32.1. The number of carbonyl (C=O) groups is 2. The molecule has 1 heterocycles. The molecule has 20 heavy (non-hydrogen) atoms. The standard InChI is InChI=1S/C14H12N2O3S/c1-9-4-2-3-5-11(9)13(17)16-15-8-10-6-7-12(20-10)14(18)19/h2-8H,1H3,(H,16,17)(H,18,19)/b15-8+. The van der Waals surface area contributed by atoms with E-state index in [1.807, 2.05) is 19.1 Å². The number of hydrazone groups is 1. The Balaban J connectivity index is 2.01. The molecule has 2 N–H and O–H groups in total. The summed E-state index contributed by atoms with van der Waals surface area (Å²) in [6.45, 7) is 1.84. The zero-order valence-corrected chi connectivity index (χ0v) is 11.5. The Bertz CT molecular complexity index is 677. The van der Waals surface area contributed by atoms with E-state index in [2.05, 4.69) is 10.5 Å². The highest BCUT2D eigenvalue weighted by Gasteiger charge is 2.07. The lowest BCUT2D eigenvalue weighted by atomic mass is 10.1. The maximum absolute atomic E-state index is 11.9. The molecule has 0 unspecified atom stereocenters. The van der Waals surface area contributed by atoms with Crippen LogP contribution in [0.1, 0.15) is 30.5 Å². The second kappa shape index (κ2) is 6.12. The third-order valence-corrected chi connectivity index (χ3v) is 3.59. The Morgan fingerprint density at radius 3 is 2.65 bits per heavy atom. The molecular formula is C14H12N2O3S. The van der Waals surface area contributed by atoms with Gasteiger partial charge in [0.2, 0.25) is 0 Å². The van der Waals surface area contributed by atoms with E-state index < -0.39 is 5.97 Å². The lowest BCUT2D eigenvalue weighted by Gasteiger charge is -2.02. The van der Waals surface area contributed by atoms with Gasteiger partial charge in [-0.3, -0.25) is 4.79 Å². The van der Waals surface area contributed by atoms with E-state index in [0.717, 1.165) is 16.9 Å². The van der Waals surface area contributed by atoms with E-state index >= 15 is 0 Å². The quantitative estimate of drug-likeness (QED) is 0.670. The van der Waals surface area contributed by atoms with E-state index in [9.17, 15) is 9.59 Å². The van der Waals surface area contributed by atoms with Crippen molar-refractivity contribution in [1.29, 1.82) is 0 Å². The third-order valence-electron chi connectivity index (χ3n) is 2.59. The number of hydrogen-bond donors (Lipinski definition) is 2. The number of rotatable bonds is 4. The third kappa shape index (κ3) is 3.30. The van der Waals surface area contributed by atoms with Crippen molar-refractivity contribution in [1.82, 2.24) is 5.43 Å². The molecule has 0 spiro atoms. The van der Waals surface area contributed by atoms with Crippen LogP contribution in [-0.2, 0) is 0 Å². The molecule has 0 saturated heterocycles. The molecule has 0 saturated carbocycles. The number of thiophene rings is 1. The van der Waals surface area contributed by atoms with Crippen molar-refractivity contribution in [3.05, 3.63) is 57.3 Å². The van der Waals surface area contributed by atoms with Crippen molar-refractivity contribution in [2.45, 2.75) is 6.92 Å². The first kappa shape index (κ1) is 14.0. The molecule has 0 fully saturated rings. The zero-order valence-electron chi connectivity index (χ0n) is 10.7. The molecule has 1 amide bonds. The summed E-state index contributed by atoms with van der Waals surface area (Å²) in [7, 11) is 0. The predicted molar refractivity (Wildman–Crippen MR) is 77.5 cm³/mol. The van der Waals surface area contributed by atoms with Gasteiger partial charge in [0.25, 0.3) is 5.91 Å². The monoisotopic (exact) mass is 288 g/mol. The van der Waals surface area contributed by atoms with Gasteiger partial charge in [0, 0.05) is 10.4 Å². The Morgan fingerprint density at radius 1 is 1.25 bits per heavy atom. The highest BCUT2D eigenvalue weighted by molar-refractivity contribution is 7.15. The summed E-state index contributed by atoms with van der Waals surface area (Å²) in [5.41, 5.74) is 3.84. The molecule has 1 aromatic heterocycles. The number of aromatic carboxylic acids is 1. The summed E-state index contributed by atoms with van der Waals surface area (Å²) in [4.78, 5) is 23.5. The van der Waals surface area contributed by atoms with Gasteiger partial charge in [-0.05, 0) is 30.7 Å². The van der Waals surface area contributed by atoms with Crippen LogP contribution in [-0.4, -0.2) is 23.2 Å². The van der Waals surface area contributed by atoms with Gasteiger partial charge in [-0.2, -0.15) is 5.10 Å². The summed E-state index contributed by atoms with van der Waals surface area (Å²) in [5, 5.41) is 12.6. The van der Waals surface area contributed by atoms with Crippen molar-refractivity contribution in [3.63, 3.8) is 0 Å². The lowest BCUT2D eigenvalue weighted by molar-refractivity contribution is 0.0702. The summed E-state index contributed by atoms with van der Waals surface area (Å²) in [5.74, 6) is -1.27. The fourth-order valence-corrected chi connectivity index (χ4v) is 2.30. The first-order valence-corrected chi connectivity index (χ1v) is 6.62. The van der Waals surface area contributed by atoms with Crippen LogP contribution in [0.15, 0.2) is 41.5 Å². The van der Waals surface area contributed by atoms with Crippen LogP contribution >= 0.6 is 11.3 Å². The molecule has 6 heteroatoms. The van der Waals surface area contributed by atoms with E-state index in [1.165, 1.54) is 12.3 Å². The maximum Gasteiger partial charge on any atom is 0.345 e. The number of nitrogens with zero attached hydrogens (tertiary/aromatic N) is 1. The smallest absolute Gasteiger partial charge is 0.345 e. The van der Waals surface area contributed by atoms with Gasteiger partial charge in [-0.25, -0.2) is 10.2 Å². The molecule has 102 valence electrons. The molecule has 0 bridgehead atoms. The van der Waals surface area contributed by atoms with Crippen LogP contribution in [0.4, 0.5) is 0 Å². The van der Waals surface area contributed by atoms with Crippen LogP contribution in [0, 0.1) is 6.92 Å². The van der Waals surface area contributed by atoms with Crippen molar-refractivity contribution in [3.8, 4) is 0 Å². The van der Waals surface area contributed by atoms with E-state index in [0.29, 0.717) is 10.4 Å². The van der Waals surface area contributed by atoms with Crippen molar-refractivity contribution in [2.24, 2.45) is 5.10 Å². The number of carbonyl (C=O) groups excluding carboxylic acids is 1. The number of carboxylic acids is 1. The van der Waals surface area contributed by atoms with Gasteiger partial charge in [0.1, 0.15) is 4.88 Å². The van der Waals surface area contributed by atoms with Gasteiger partial charge in [-0.1, -0.05) is 18.2 Å². The molecule has 0 radical (unpaired) electrons. The van der Waals surface area contributed by atoms with Crippen LogP contribution in [0.3, 0.4) is 0 Å². The SMILES string of the molecule is Cc1ccccc1C(=O)N/N=C/c1ccc(C(=O)O)s1. The summed E-state index contributed by atoms with van der Waals surface area (Å²) in [6.07, 6.45) is 1.42. The molecule has 2 rings (SSSR count). The largest absolute Gasteiger partial charge is 0.477 e. The Hall–Kier alpha value is -2.47. The number of aryl methyl sites for hydroxylation is 1. The molecular weight excluding hydrogens is 276 g/mol. The zero-order chi connectivity index (χ0) is 14.5. The fourth-order valence-electron chi connectivity index (χ4n) is 1.58. The number of nitrogens with one attached hydrogen (secondary N) is 1. The predicted octanol–water partition coefficient (Wildman–Crippen LogP) is 2.52. The maximum atomic E-state index is 11.9. The Labute approximate surface area is 119 Å². The molecule has 0 aliphatic carbocycles. The number of carboxylic acid groups (broad SMARTS) is 1. The van der Waals surface area contributed by atoms with Crippen LogP contribution in [0.5, 0.6) is 0 Å². The summed E-state index contributed by atoms with van der Waals surface area (Å²) >= 11 is 1.09. The lowest BCUT2D eigenvalue weighted by Crippen LogP contribution is -2.18. The fraction of sp³-hybridized carbons (Fsp3) is 0.0714. The van der Waals surface area contributed by atoms with Crippen molar-refractivity contribution >= 4 is 29.4 Å². The first-order chi connectivity index (χ1) is 9.58. The molecule has 1 aromatic carbocycles. The second-order valence-corrected chi connectivity index (χ2v) is 5.14. The van der Waals surface area contributed by atoms with Crippen LogP contribution in [0.2, 0.25) is 0 Å². The topological polar surface area (TPSA) is 78.8 Å². The van der Waals surface area contributed by atoms with Crippen molar-refractivity contribution < 1.29 is 14.7 Å². The molecule has 0 aliphatic rings. The van der Waals surface area contributed by atoms with Gasteiger partial charge in [-0.15, -0.1) is 11.3 Å². The number of hydrogen-bond acceptors (Lipinski definition) is 4. The molecule has 0 atom stereocenters. The average molecular weight is 288 g/mol. The number of amides is 1. The van der Waals surface area contributed by atoms with Crippen LogP contribution < -0.4 is 5.43 Å². The molecule has 0 aliphatic heterocycles. The van der Waals surface area contributed by atoms with Crippen LogP contribution in [0.25, 0.3) is 0 Å². The normalized spacial score (nSPS) is 10.7. The highest BCUT2D eigenvalue weighted by Crippen LogP contribution is 2.14. The molecule has 2 aromatic rings. The minimum Gasteiger partial charge on any atom is -0.477 e. The summed E-state index contributed by atoms with van der Waals surface area (Å²) in [6, 6.07) is 10.3. The number of benzene rings is 1. The first-order valence-electron chi connectivity index (χ1n) is 5.80. The van der Waals surface area contributed by atoms with E-state index in [4.69, 9.17) is 5.11 Å². The van der Waals surface area contributed by atoms with E-state index in [-0.39, 0.29) is 10.8 Å². The van der Waals surface area contributed by atoms with Gasteiger partial charge in [0.15, 0.2) is 0 Å². The average Bonchev–Trinajstić information content (AvgIpc) is 2.88. The van der Waals surface area contributed by atoms with Gasteiger partial charge in [0.05, 0.1) is 6.21 Å². The van der Waals surface area contributed by atoms with Gasteiger partial charge >= 0.3 is 5.97 Å². The minimum atomic E-state index is -0.974. The minimum absolute atomic E-state index is 0.233. The van der Waals surface area contributed by atoms with E-state index in [1.54, 1.807) is 18.2 Å².